The highest BCUT2D eigenvalue weighted by Gasteiger charge is 2.27. The molecule has 2 N–H and O–H groups in total. The third-order valence-corrected chi connectivity index (χ3v) is 4.73. The molecule has 2 aromatic rings. The lowest BCUT2D eigenvalue weighted by molar-refractivity contribution is -0.145. The summed E-state index contributed by atoms with van der Waals surface area (Å²) >= 11 is 6.15. The van der Waals surface area contributed by atoms with E-state index in [2.05, 4.69) is 10.6 Å². The molecule has 160 valence electrons. The Labute approximate surface area is 180 Å². The summed E-state index contributed by atoms with van der Waals surface area (Å²) in [7, 11) is 2.75. The molecule has 30 heavy (non-hydrogen) atoms. The second kappa shape index (κ2) is 11.2. The van der Waals surface area contributed by atoms with Crippen LogP contribution in [-0.2, 0) is 32.0 Å². The third kappa shape index (κ3) is 6.77. The van der Waals surface area contributed by atoms with Crippen molar-refractivity contribution >= 4 is 29.4 Å². The highest BCUT2D eigenvalue weighted by molar-refractivity contribution is 6.32. The average molecular weight is 433 g/mol. The molecule has 2 atom stereocenters. The Hall–Kier alpha value is -3.06. The molecule has 0 bridgehead atoms. The van der Waals surface area contributed by atoms with Crippen LogP contribution in [-0.4, -0.2) is 44.1 Å². The van der Waals surface area contributed by atoms with Crippen LogP contribution in [0, 0.1) is 0 Å². The zero-order valence-electron chi connectivity index (χ0n) is 17.1. The fourth-order valence-corrected chi connectivity index (χ4v) is 3.27. The average Bonchev–Trinajstić information content (AvgIpc) is 2.72. The Morgan fingerprint density at radius 3 is 2.17 bits per heavy atom. The highest BCUT2D eigenvalue weighted by atomic mass is 35.5. The van der Waals surface area contributed by atoms with E-state index in [9.17, 15) is 14.4 Å². The van der Waals surface area contributed by atoms with Gasteiger partial charge in [0.05, 0.1) is 19.2 Å². The summed E-state index contributed by atoms with van der Waals surface area (Å²) in [4.78, 5) is 36.8. The first-order valence-corrected chi connectivity index (χ1v) is 9.73. The maximum Gasteiger partial charge on any atom is 0.328 e. The largest absolute Gasteiger partial charge is 0.495 e. The lowest BCUT2D eigenvalue weighted by Gasteiger charge is -2.22. The van der Waals surface area contributed by atoms with Crippen LogP contribution in [0.15, 0.2) is 48.5 Å². The van der Waals surface area contributed by atoms with Crippen molar-refractivity contribution in [1.82, 2.24) is 10.6 Å². The summed E-state index contributed by atoms with van der Waals surface area (Å²) < 4.78 is 9.97. The zero-order chi connectivity index (χ0) is 22.1. The number of methoxy groups -OCH3 is 2. The molecule has 0 spiro atoms. The number of carbonyl (C=O) groups excluding carboxylic acids is 3. The fourth-order valence-electron chi connectivity index (χ4n) is 2.98. The van der Waals surface area contributed by atoms with E-state index in [1.807, 2.05) is 30.3 Å². The molecule has 7 nitrogen and oxygen atoms in total. The van der Waals surface area contributed by atoms with Crippen LogP contribution in [0.1, 0.15) is 18.1 Å². The van der Waals surface area contributed by atoms with Gasteiger partial charge in [-0.1, -0.05) is 48.0 Å². The molecule has 8 heteroatoms. The number of rotatable bonds is 9. The van der Waals surface area contributed by atoms with Crippen LogP contribution in [0.2, 0.25) is 5.02 Å². The molecule has 0 radical (unpaired) electrons. The van der Waals surface area contributed by atoms with E-state index in [4.69, 9.17) is 21.1 Å². The number of ether oxygens (including phenoxy) is 2. The van der Waals surface area contributed by atoms with Crippen LogP contribution in [0.3, 0.4) is 0 Å². The summed E-state index contributed by atoms with van der Waals surface area (Å²) in [6.07, 6.45) is 0.453. The summed E-state index contributed by atoms with van der Waals surface area (Å²) in [6.45, 7) is 1.34. The van der Waals surface area contributed by atoms with Crippen molar-refractivity contribution in [2.45, 2.75) is 31.8 Å². The van der Waals surface area contributed by atoms with Gasteiger partial charge in [0.2, 0.25) is 11.8 Å². The maximum atomic E-state index is 12.9. The minimum Gasteiger partial charge on any atom is -0.495 e. The van der Waals surface area contributed by atoms with Crippen molar-refractivity contribution in [2.24, 2.45) is 0 Å². The van der Waals surface area contributed by atoms with Gasteiger partial charge < -0.3 is 20.1 Å². The van der Waals surface area contributed by atoms with E-state index >= 15 is 0 Å². The number of esters is 1. The van der Waals surface area contributed by atoms with Crippen molar-refractivity contribution in [2.75, 3.05) is 14.2 Å². The molecule has 0 aliphatic carbocycles. The first-order chi connectivity index (χ1) is 14.3. The van der Waals surface area contributed by atoms with Gasteiger partial charge in [-0.05, 0) is 23.3 Å². The van der Waals surface area contributed by atoms with Gasteiger partial charge in [-0.15, -0.1) is 0 Å². The van der Waals surface area contributed by atoms with Crippen LogP contribution < -0.4 is 15.4 Å². The van der Waals surface area contributed by atoms with Crippen LogP contribution in [0.25, 0.3) is 0 Å². The summed E-state index contributed by atoms with van der Waals surface area (Å²) in [6, 6.07) is 12.6. The van der Waals surface area contributed by atoms with Gasteiger partial charge in [-0.3, -0.25) is 9.59 Å². The second-order valence-electron chi connectivity index (χ2n) is 6.70. The van der Waals surface area contributed by atoms with E-state index in [1.165, 1.54) is 21.1 Å². The molecule has 0 unspecified atom stereocenters. The lowest BCUT2D eigenvalue weighted by atomic mass is 10.0. The standard InChI is InChI=1S/C22H25ClN2O5/c1-14(26)24-18(12-15-7-5-4-6-8-15)21(27)25-19(22(28)30-3)13-16-9-10-20(29-2)17(23)11-16/h4-11,18-19H,12-13H2,1-3H3,(H,24,26)(H,25,27)/t18-,19+/m0/s1. The van der Waals surface area contributed by atoms with Crippen molar-refractivity contribution in [1.29, 1.82) is 0 Å². The molecule has 0 aromatic heterocycles. The van der Waals surface area contributed by atoms with Crippen molar-refractivity contribution in [3.8, 4) is 5.75 Å². The van der Waals surface area contributed by atoms with Gasteiger partial charge in [-0.25, -0.2) is 4.79 Å². The van der Waals surface area contributed by atoms with Gasteiger partial charge >= 0.3 is 5.97 Å². The Balaban J connectivity index is 2.17. The Morgan fingerprint density at radius 2 is 1.60 bits per heavy atom. The molecule has 2 rings (SSSR count). The van der Waals surface area contributed by atoms with Gasteiger partial charge in [0, 0.05) is 19.8 Å². The molecule has 2 amide bonds. The second-order valence-corrected chi connectivity index (χ2v) is 7.11. The monoisotopic (exact) mass is 432 g/mol. The maximum absolute atomic E-state index is 12.9. The summed E-state index contributed by atoms with van der Waals surface area (Å²) in [5.74, 6) is -0.920. The highest BCUT2D eigenvalue weighted by Crippen LogP contribution is 2.25. The fraction of sp³-hybridized carbons (Fsp3) is 0.318. The van der Waals surface area contributed by atoms with Gasteiger partial charge in [-0.2, -0.15) is 0 Å². The molecular formula is C22H25ClN2O5. The number of hydrogen-bond acceptors (Lipinski definition) is 5. The number of nitrogens with one attached hydrogen (secondary N) is 2. The van der Waals surface area contributed by atoms with E-state index in [0.29, 0.717) is 10.8 Å². The number of halogens is 1. The molecule has 2 aromatic carbocycles. The van der Waals surface area contributed by atoms with E-state index < -0.39 is 24.0 Å². The first kappa shape index (κ1) is 23.2. The van der Waals surface area contributed by atoms with Gasteiger partial charge in [0.15, 0.2) is 0 Å². The quantitative estimate of drug-likeness (QED) is 0.593. The van der Waals surface area contributed by atoms with Crippen molar-refractivity contribution in [3.05, 3.63) is 64.7 Å². The number of benzene rings is 2. The van der Waals surface area contributed by atoms with E-state index in [1.54, 1.807) is 18.2 Å². The van der Waals surface area contributed by atoms with E-state index in [-0.39, 0.29) is 18.7 Å². The SMILES string of the molecule is COC(=O)[C@@H](Cc1ccc(OC)c(Cl)c1)NC(=O)[C@H](Cc1ccccc1)NC(C)=O. The molecule has 0 aliphatic heterocycles. The number of amides is 2. The Bertz CT molecular complexity index is 888. The molecule has 0 saturated carbocycles. The summed E-state index contributed by atoms with van der Waals surface area (Å²) in [5, 5.41) is 5.72. The Morgan fingerprint density at radius 1 is 0.933 bits per heavy atom. The smallest absolute Gasteiger partial charge is 0.328 e. The van der Waals surface area contributed by atoms with Gasteiger partial charge in [0.1, 0.15) is 17.8 Å². The number of hydrogen-bond donors (Lipinski definition) is 2. The predicted molar refractivity (Wildman–Crippen MR) is 113 cm³/mol. The summed E-state index contributed by atoms with van der Waals surface area (Å²) in [5.41, 5.74) is 1.60. The molecule has 0 fully saturated rings. The van der Waals surface area contributed by atoms with Crippen molar-refractivity contribution < 1.29 is 23.9 Å². The lowest BCUT2D eigenvalue weighted by Crippen LogP contribution is -2.53. The van der Waals surface area contributed by atoms with Crippen LogP contribution in [0.5, 0.6) is 5.75 Å². The first-order valence-electron chi connectivity index (χ1n) is 9.35. The topological polar surface area (TPSA) is 93.7 Å². The number of carbonyl (C=O) groups is 3. The molecule has 0 aliphatic rings. The van der Waals surface area contributed by atoms with Gasteiger partial charge in [0.25, 0.3) is 0 Å². The molecule has 0 saturated heterocycles. The van der Waals surface area contributed by atoms with Crippen LogP contribution >= 0.6 is 11.6 Å². The Kier molecular flexibility index (Phi) is 8.68. The third-order valence-electron chi connectivity index (χ3n) is 4.43. The van der Waals surface area contributed by atoms with E-state index in [0.717, 1.165) is 11.1 Å². The minimum absolute atomic E-state index is 0.167. The normalized spacial score (nSPS) is 12.4. The predicted octanol–water partition coefficient (Wildman–Crippen LogP) is 2.30. The zero-order valence-corrected chi connectivity index (χ0v) is 17.9. The van der Waals surface area contributed by atoms with Crippen LogP contribution in [0.4, 0.5) is 0 Å². The molecule has 0 heterocycles. The molecular weight excluding hydrogens is 408 g/mol. The minimum atomic E-state index is -0.945. The van der Waals surface area contributed by atoms with Crippen molar-refractivity contribution in [3.63, 3.8) is 0 Å².